The number of carbonyl (C=O) groups is 1. The molecule has 21 heavy (non-hydrogen) atoms. The maximum absolute atomic E-state index is 11.8. The molecule has 0 aromatic heterocycles. The summed E-state index contributed by atoms with van der Waals surface area (Å²) in [7, 11) is 0. The number of amides is 2. The molecule has 0 aliphatic heterocycles. The van der Waals surface area contributed by atoms with Crippen LogP contribution in [0.4, 0.5) is 16.2 Å². The predicted octanol–water partition coefficient (Wildman–Crippen LogP) is 3.94. The molecule has 0 saturated heterocycles. The first-order chi connectivity index (χ1) is 10.1. The van der Waals surface area contributed by atoms with E-state index in [1.165, 1.54) is 0 Å². The lowest BCUT2D eigenvalue weighted by Crippen LogP contribution is -2.30. The summed E-state index contributed by atoms with van der Waals surface area (Å²) >= 11 is 12.0. The van der Waals surface area contributed by atoms with Gasteiger partial charge in [0.1, 0.15) is 0 Å². The van der Waals surface area contributed by atoms with Crippen molar-refractivity contribution in [1.82, 2.24) is 5.32 Å². The van der Waals surface area contributed by atoms with Crippen LogP contribution in [0.25, 0.3) is 0 Å². The predicted molar refractivity (Wildman–Crippen MR) is 88.0 cm³/mol. The van der Waals surface area contributed by atoms with Crippen LogP contribution < -0.4 is 16.4 Å². The number of nitrogens with one attached hydrogen (secondary N) is 2. The number of halogens is 2. The number of nitrogen functional groups attached to an aromatic ring is 1. The van der Waals surface area contributed by atoms with E-state index in [4.69, 9.17) is 28.9 Å². The molecule has 4 nitrogen and oxygen atoms in total. The van der Waals surface area contributed by atoms with Crippen LogP contribution in [0.5, 0.6) is 0 Å². The molecule has 0 aliphatic rings. The summed E-state index contributed by atoms with van der Waals surface area (Å²) in [5.74, 6) is 0. The molecule has 2 aromatic rings. The summed E-state index contributed by atoms with van der Waals surface area (Å²) in [6.07, 6.45) is 0.655. The van der Waals surface area contributed by atoms with Crippen molar-refractivity contribution >= 4 is 40.6 Å². The minimum Gasteiger partial charge on any atom is -0.399 e. The van der Waals surface area contributed by atoms with Gasteiger partial charge in [0.15, 0.2) is 0 Å². The molecular weight excluding hydrogens is 309 g/mol. The molecule has 0 saturated carbocycles. The fourth-order valence-corrected chi connectivity index (χ4v) is 2.28. The highest BCUT2D eigenvalue weighted by Gasteiger charge is 2.06. The average molecular weight is 324 g/mol. The third-order valence-corrected chi connectivity index (χ3v) is 3.56. The Morgan fingerprint density at radius 2 is 1.86 bits per heavy atom. The van der Waals surface area contributed by atoms with Crippen molar-refractivity contribution in [3.63, 3.8) is 0 Å². The molecule has 2 aromatic carbocycles. The lowest BCUT2D eigenvalue weighted by molar-refractivity contribution is 0.252. The molecule has 6 heteroatoms. The van der Waals surface area contributed by atoms with Crippen molar-refractivity contribution < 1.29 is 4.79 Å². The molecule has 0 atom stereocenters. The molecule has 0 bridgehead atoms. The Morgan fingerprint density at radius 3 is 2.57 bits per heavy atom. The van der Waals surface area contributed by atoms with E-state index >= 15 is 0 Å². The van der Waals surface area contributed by atoms with Gasteiger partial charge in [-0.3, -0.25) is 0 Å². The molecule has 0 spiro atoms. The third-order valence-electron chi connectivity index (χ3n) is 2.88. The van der Waals surface area contributed by atoms with E-state index in [1.54, 1.807) is 18.2 Å². The molecule has 2 rings (SSSR count). The fraction of sp³-hybridized carbons (Fsp3) is 0.133. The minimum absolute atomic E-state index is 0.325. The molecule has 4 N–H and O–H groups in total. The lowest BCUT2D eigenvalue weighted by Gasteiger charge is -2.10. The summed E-state index contributed by atoms with van der Waals surface area (Å²) < 4.78 is 0. The minimum atomic E-state index is -0.325. The first-order valence-corrected chi connectivity index (χ1v) is 7.15. The number of hydrogen-bond donors (Lipinski definition) is 3. The van der Waals surface area contributed by atoms with Crippen molar-refractivity contribution in [2.24, 2.45) is 0 Å². The summed E-state index contributed by atoms with van der Waals surface area (Å²) in [5, 5.41) is 6.51. The van der Waals surface area contributed by atoms with Gasteiger partial charge in [0.05, 0.1) is 10.7 Å². The second-order valence-corrected chi connectivity index (χ2v) is 5.28. The Bertz CT molecular complexity index is 647. The number of hydrogen-bond acceptors (Lipinski definition) is 2. The van der Waals surface area contributed by atoms with E-state index in [-0.39, 0.29) is 6.03 Å². The summed E-state index contributed by atoms with van der Waals surface area (Å²) in [6.45, 7) is 0.474. The highest BCUT2D eigenvalue weighted by Crippen LogP contribution is 2.23. The Labute approximate surface area is 133 Å². The van der Waals surface area contributed by atoms with Gasteiger partial charge in [-0.2, -0.15) is 0 Å². The van der Waals surface area contributed by atoms with Gasteiger partial charge in [0.25, 0.3) is 0 Å². The van der Waals surface area contributed by atoms with E-state index in [1.807, 2.05) is 24.3 Å². The van der Waals surface area contributed by atoms with Gasteiger partial charge in [-0.25, -0.2) is 4.79 Å². The van der Waals surface area contributed by atoms with Gasteiger partial charge in [-0.15, -0.1) is 0 Å². The molecule has 2 amide bonds. The van der Waals surface area contributed by atoms with E-state index in [2.05, 4.69) is 10.6 Å². The first kappa shape index (κ1) is 15.5. The van der Waals surface area contributed by atoms with Crippen LogP contribution in [0, 0.1) is 0 Å². The van der Waals surface area contributed by atoms with Crippen molar-refractivity contribution in [3.05, 3.63) is 58.1 Å². The lowest BCUT2D eigenvalue weighted by atomic mass is 10.1. The van der Waals surface area contributed by atoms with Crippen molar-refractivity contribution in [1.29, 1.82) is 0 Å². The molecule has 0 fully saturated rings. The van der Waals surface area contributed by atoms with Crippen LogP contribution in [-0.4, -0.2) is 12.6 Å². The molecule has 0 radical (unpaired) electrons. The van der Waals surface area contributed by atoms with Gasteiger partial charge < -0.3 is 16.4 Å². The maximum atomic E-state index is 11.8. The topological polar surface area (TPSA) is 67.1 Å². The van der Waals surface area contributed by atoms with Gasteiger partial charge in [-0.05, 0) is 36.2 Å². The molecular formula is C15H15Cl2N3O. The van der Waals surface area contributed by atoms with Crippen molar-refractivity contribution in [3.8, 4) is 0 Å². The van der Waals surface area contributed by atoms with E-state index in [0.29, 0.717) is 34.4 Å². The molecule has 110 valence electrons. The first-order valence-electron chi connectivity index (χ1n) is 6.39. The number of carbonyl (C=O) groups excluding carboxylic acids is 1. The maximum Gasteiger partial charge on any atom is 0.319 e. The number of urea groups is 1. The van der Waals surface area contributed by atoms with Gasteiger partial charge in [-0.1, -0.05) is 41.4 Å². The van der Waals surface area contributed by atoms with Crippen LogP contribution in [0.1, 0.15) is 5.56 Å². The largest absolute Gasteiger partial charge is 0.399 e. The van der Waals surface area contributed by atoms with Crippen molar-refractivity contribution in [2.45, 2.75) is 6.42 Å². The molecule has 0 heterocycles. The van der Waals surface area contributed by atoms with E-state index in [9.17, 15) is 4.79 Å². The van der Waals surface area contributed by atoms with Gasteiger partial charge in [0.2, 0.25) is 0 Å². The summed E-state index contributed by atoms with van der Waals surface area (Å²) in [6, 6.07) is 12.1. The van der Waals surface area contributed by atoms with E-state index < -0.39 is 0 Å². The number of anilines is 2. The van der Waals surface area contributed by atoms with Gasteiger partial charge >= 0.3 is 6.03 Å². The summed E-state index contributed by atoms with van der Waals surface area (Å²) in [5.41, 5.74) is 7.64. The van der Waals surface area contributed by atoms with Gasteiger partial charge in [0, 0.05) is 17.3 Å². The zero-order valence-corrected chi connectivity index (χ0v) is 12.7. The second kappa shape index (κ2) is 7.20. The zero-order valence-electron chi connectivity index (χ0n) is 11.2. The average Bonchev–Trinajstić information content (AvgIpc) is 2.44. The Kier molecular flexibility index (Phi) is 5.31. The quantitative estimate of drug-likeness (QED) is 0.746. The fourth-order valence-electron chi connectivity index (χ4n) is 1.81. The summed E-state index contributed by atoms with van der Waals surface area (Å²) in [4.78, 5) is 11.8. The highest BCUT2D eigenvalue weighted by atomic mass is 35.5. The Morgan fingerprint density at radius 1 is 1.10 bits per heavy atom. The van der Waals surface area contributed by atoms with Crippen LogP contribution in [0.15, 0.2) is 42.5 Å². The molecule has 0 unspecified atom stereocenters. The van der Waals surface area contributed by atoms with Crippen molar-refractivity contribution in [2.75, 3.05) is 17.6 Å². The second-order valence-electron chi connectivity index (χ2n) is 4.46. The highest BCUT2D eigenvalue weighted by molar-refractivity contribution is 6.34. The number of rotatable bonds is 4. The normalized spacial score (nSPS) is 10.2. The zero-order chi connectivity index (χ0) is 15.2. The van der Waals surface area contributed by atoms with Crippen LogP contribution in [-0.2, 0) is 6.42 Å². The third kappa shape index (κ3) is 4.55. The SMILES string of the molecule is Nc1ccc(NC(=O)NCCc2ccccc2Cl)c(Cl)c1. The standard InChI is InChI=1S/C15H15Cl2N3O/c16-12-4-2-1-3-10(12)7-8-19-15(21)20-14-6-5-11(18)9-13(14)17/h1-6,9H,7-8,18H2,(H2,19,20,21). The van der Waals surface area contributed by atoms with Crippen LogP contribution >= 0.6 is 23.2 Å². The van der Waals surface area contributed by atoms with Crippen LogP contribution in [0.3, 0.4) is 0 Å². The number of nitrogens with two attached hydrogens (primary N) is 1. The van der Waals surface area contributed by atoms with E-state index in [0.717, 1.165) is 5.56 Å². The molecule has 0 aliphatic carbocycles. The Hall–Kier alpha value is -1.91. The smallest absolute Gasteiger partial charge is 0.319 e. The Balaban J connectivity index is 1.84. The van der Waals surface area contributed by atoms with Crippen LogP contribution in [0.2, 0.25) is 10.0 Å². The number of benzene rings is 2. The monoisotopic (exact) mass is 323 g/mol.